The van der Waals surface area contributed by atoms with Gasteiger partial charge >= 0.3 is 0 Å². The van der Waals surface area contributed by atoms with Crippen LogP contribution in [0.1, 0.15) is 0 Å². The molecule has 1 heterocycles. The maximum atomic E-state index is 11.6. The first kappa shape index (κ1) is 11.6. The van der Waals surface area contributed by atoms with Crippen LogP contribution in [0.4, 0.5) is 11.5 Å². The molecule has 7 heteroatoms. The summed E-state index contributed by atoms with van der Waals surface area (Å²) in [5.41, 5.74) is 6.12. The van der Waals surface area contributed by atoms with E-state index in [0.717, 1.165) is 10.2 Å². The standard InChI is InChI=1S/C10H10BrN5O/c11-7-1-3-8(4-2-7)13-10(17)6-16-5-9(12)14-15-16/h1-5H,6,12H2,(H,13,17). The fourth-order valence-corrected chi connectivity index (χ4v) is 1.54. The van der Waals surface area contributed by atoms with E-state index in [1.54, 1.807) is 12.1 Å². The van der Waals surface area contributed by atoms with Crippen molar-refractivity contribution in [3.05, 3.63) is 34.9 Å². The molecular formula is C10H10BrN5O. The van der Waals surface area contributed by atoms with Gasteiger partial charge in [0.2, 0.25) is 5.91 Å². The largest absolute Gasteiger partial charge is 0.381 e. The molecule has 0 unspecified atom stereocenters. The molecule has 2 rings (SSSR count). The molecule has 1 amide bonds. The van der Waals surface area contributed by atoms with Crippen LogP contribution < -0.4 is 11.1 Å². The highest BCUT2D eigenvalue weighted by Crippen LogP contribution is 2.13. The van der Waals surface area contributed by atoms with Gasteiger partial charge in [0.1, 0.15) is 6.54 Å². The number of carbonyl (C=O) groups is 1. The Balaban J connectivity index is 1.95. The van der Waals surface area contributed by atoms with Crippen LogP contribution in [0.25, 0.3) is 0 Å². The van der Waals surface area contributed by atoms with E-state index in [0.29, 0.717) is 5.82 Å². The number of nitrogens with one attached hydrogen (secondary N) is 1. The Bertz CT molecular complexity index is 522. The van der Waals surface area contributed by atoms with Crippen molar-refractivity contribution in [3.63, 3.8) is 0 Å². The van der Waals surface area contributed by atoms with Crippen molar-refractivity contribution in [2.75, 3.05) is 11.1 Å². The maximum Gasteiger partial charge on any atom is 0.246 e. The Morgan fingerprint density at radius 3 is 2.71 bits per heavy atom. The van der Waals surface area contributed by atoms with Crippen LogP contribution in [0.5, 0.6) is 0 Å². The monoisotopic (exact) mass is 295 g/mol. The molecular weight excluding hydrogens is 286 g/mol. The summed E-state index contributed by atoms with van der Waals surface area (Å²) < 4.78 is 2.34. The molecule has 0 spiro atoms. The second-order valence-corrected chi connectivity index (χ2v) is 4.31. The van der Waals surface area contributed by atoms with Gasteiger partial charge in [-0.05, 0) is 24.3 Å². The van der Waals surface area contributed by atoms with Crippen molar-refractivity contribution in [2.24, 2.45) is 0 Å². The zero-order chi connectivity index (χ0) is 12.3. The first-order valence-corrected chi connectivity index (χ1v) is 5.64. The molecule has 0 aliphatic rings. The summed E-state index contributed by atoms with van der Waals surface area (Å²) in [6.45, 7) is 0.0836. The zero-order valence-corrected chi connectivity index (χ0v) is 10.4. The van der Waals surface area contributed by atoms with E-state index in [2.05, 4.69) is 31.6 Å². The molecule has 0 saturated heterocycles. The fraction of sp³-hybridized carbons (Fsp3) is 0.100. The Kier molecular flexibility index (Phi) is 3.38. The molecule has 0 aliphatic heterocycles. The van der Waals surface area contributed by atoms with Crippen molar-refractivity contribution >= 4 is 33.3 Å². The number of aromatic nitrogens is 3. The third kappa shape index (κ3) is 3.28. The van der Waals surface area contributed by atoms with Gasteiger partial charge in [-0.25, -0.2) is 4.68 Å². The smallest absolute Gasteiger partial charge is 0.246 e. The molecule has 0 saturated carbocycles. The van der Waals surface area contributed by atoms with Crippen molar-refractivity contribution in [1.82, 2.24) is 15.0 Å². The predicted molar refractivity (Wildman–Crippen MR) is 67.2 cm³/mol. The number of nitrogen functional groups attached to an aromatic ring is 1. The van der Waals surface area contributed by atoms with Gasteiger partial charge in [-0.15, -0.1) is 5.10 Å². The Morgan fingerprint density at radius 1 is 1.41 bits per heavy atom. The number of hydrogen-bond donors (Lipinski definition) is 2. The van der Waals surface area contributed by atoms with Crippen molar-refractivity contribution in [1.29, 1.82) is 0 Å². The van der Waals surface area contributed by atoms with Gasteiger partial charge in [-0.3, -0.25) is 4.79 Å². The van der Waals surface area contributed by atoms with Gasteiger partial charge in [-0.2, -0.15) is 0 Å². The highest BCUT2D eigenvalue weighted by atomic mass is 79.9. The van der Waals surface area contributed by atoms with Crippen LogP contribution in [-0.4, -0.2) is 20.9 Å². The van der Waals surface area contributed by atoms with E-state index in [1.807, 2.05) is 12.1 Å². The lowest BCUT2D eigenvalue weighted by atomic mass is 10.3. The number of amides is 1. The van der Waals surface area contributed by atoms with Gasteiger partial charge in [0.15, 0.2) is 5.82 Å². The van der Waals surface area contributed by atoms with Crippen LogP contribution in [0, 0.1) is 0 Å². The van der Waals surface area contributed by atoms with E-state index in [4.69, 9.17) is 5.73 Å². The van der Waals surface area contributed by atoms with Gasteiger partial charge in [0.25, 0.3) is 0 Å². The lowest BCUT2D eigenvalue weighted by Gasteiger charge is -2.04. The van der Waals surface area contributed by atoms with Gasteiger partial charge in [0, 0.05) is 10.2 Å². The molecule has 3 N–H and O–H groups in total. The molecule has 0 radical (unpaired) electrons. The average molecular weight is 296 g/mol. The summed E-state index contributed by atoms with van der Waals surface area (Å²) in [5, 5.41) is 10.0. The van der Waals surface area contributed by atoms with E-state index in [1.165, 1.54) is 10.9 Å². The number of nitrogens with two attached hydrogens (primary N) is 1. The molecule has 0 aliphatic carbocycles. The number of rotatable bonds is 3. The number of nitrogens with zero attached hydrogens (tertiary/aromatic N) is 3. The predicted octanol–water partition coefficient (Wildman–Crippen LogP) is 1.26. The van der Waals surface area contributed by atoms with Crippen molar-refractivity contribution < 1.29 is 4.79 Å². The van der Waals surface area contributed by atoms with E-state index in [9.17, 15) is 4.79 Å². The first-order valence-electron chi connectivity index (χ1n) is 4.84. The van der Waals surface area contributed by atoms with Crippen LogP contribution in [0.2, 0.25) is 0 Å². The molecule has 17 heavy (non-hydrogen) atoms. The number of carbonyl (C=O) groups excluding carboxylic acids is 1. The lowest BCUT2D eigenvalue weighted by molar-refractivity contribution is -0.116. The highest BCUT2D eigenvalue weighted by molar-refractivity contribution is 9.10. The summed E-state index contributed by atoms with van der Waals surface area (Å²) in [5.74, 6) is 0.110. The minimum atomic E-state index is -0.183. The van der Waals surface area contributed by atoms with Gasteiger partial charge in [0.05, 0.1) is 6.20 Å². The number of halogens is 1. The summed E-state index contributed by atoms with van der Waals surface area (Å²) >= 11 is 3.32. The van der Waals surface area contributed by atoms with E-state index < -0.39 is 0 Å². The number of hydrogen-bond acceptors (Lipinski definition) is 4. The van der Waals surface area contributed by atoms with Gasteiger partial charge in [-0.1, -0.05) is 21.1 Å². The van der Waals surface area contributed by atoms with Crippen LogP contribution >= 0.6 is 15.9 Å². The quantitative estimate of drug-likeness (QED) is 0.893. The first-order chi connectivity index (χ1) is 8.13. The van der Waals surface area contributed by atoms with E-state index >= 15 is 0 Å². The number of anilines is 2. The molecule has 0 fully saturated rings. The third-order valence-electron chi connectivity index (χ3n) is 1.99. The molecule has 1 aromatic heterocycles. The fourth-order valence-electron chi connectivity index (χ4n) is 1.27. The molecule has 0 bridgehead atoms. The lowest BCUT2D eigenvalue weighted by Crippen LogP contribution is -2.19. The molecule has 2 aromatic rings. The normalized spacial score (nSPS) is 10.2. The molecule has 0 atom stereocenters. The van der Waals surface area contributed by atoms with Crippen LogP contribution in [0.15, 0.2) is 34.9 Å². The Morgan fingerprint density at radius 2 is 2.12 bits per heavy atom. The summed E-state index contributed by atoms with van der Waals surface area (Å²) in [7, 11) is 0. The SMILES string of the molecule is Nc1cn(CC(=O)Nc2ccc(Br)cc2)nn1. The van der Waals surface area contributed by atoms with E-state index in [-0.39, 0.29) is 12.5 Å². The van der Waals surface area contributed by atoms with Gasteiger partial charge < -0.3 is 11.1 Å². The average Bonchev–Trinajstić information content (AvgIpc) is 2.67. The minimum absolute atomic E-state index is 0.0836. The van der Waals surface area contributed by atoms with Crippen molar-refractivity contribution in [3.8, 4) is 0 Å². The van der Waals surface area contributed by atoms with Crippen LogP contribution in [0.3, 0.4) is 0 Å². The third-order valence-corrected chi connectivity index (χ3v) is 2.52. The topological polar surface area (TPSA) is 85.8 Å². The summed E-state index contributed by atoms with van der Waals surface area (Å²) in [6, 6.07) is 7.31. The summed E-state index contributed by atoms with van der Waals surface area (Å²) in [4.78, 5) is 11.6. The van der Waals surface area contributed by atoms with Crippen molar-refractivity contribution in [2.45, 2.75) is 6.54 Å². The minimum Gasteiger partial charge on any atom is -0.381 e. The second kappa shape index (κ2) is 4.96. The Hall–Kier alpha value is -1.89. The Labute approximate surface area is 106 Å². The summed E-state index contributed by atoms with van der Waals surface area (Å²) in [6.07, 6.45) is 1.50. The second-order valence-electron chi connectivity index (χ2n) is 3.40. The molecule has 1 aromatic carbocycles. The van der Waals surface area contributed by atoms with Crippen LogP contribution in [-0.2, 0) is 11.3 Å². The molecule has 6 nitrogen and oxygen atoms in total. The number of benzene rings is 1. The zero-order valence-electron chi connectivity index (χ0n) is 8.80. The molecule has 88 valence electrons. The maximum absolute atomic E-state index is 11.6. The highest BCUT2D eigenvalue weighted by Gasteiger charge is 2.05.